The van der Waals surface area contributed by atoms with Crippen molar-refractivity contribution in [2.75, 3.05) is 0 Å². The number of rotatable bonds is 2. The average molecular weight is 280 g/mol. The van der Waals surface area contributed by atoms with Gasteiger partial charge in [-0.25, -0.2) is 0 Å². The molecule has 2 N–H and O–H groups in total. The maximum atomic E-state index is 12.4. The van der Waals surface area contributed by atoms with Crippen LogP contribution in [0.15, 0.2) is 42.5 Å². The summed E-state index contributed by atoms with van der Waals surface area (Å²) in [4.78, 5) is 0. The van der Waals surface area contributed by atoms with Crippen LogP contribution in [0.5, 0.6) is 11.5 Å². The summed E-state index contributed by atoms with van der Waals surface area (Å²) in [5, 5.41) is 18.5. The molecule has 2 nitrogen and oxygen atoms in total. The third kappa shape index (κ3) is 3.32. The number of benzene rings is 2. The van der Waals surface area contributed by atoms with Crippen molar-refractivity contribution in [2.24, 2.45) is 0 Å². The lowest BCUT2D eigenvalue weighted by Gasteiger charge is -2.05. The lowest BCUT2D eigenvalue weighted by atomic mass is 10.1. The monoisotopic (exact) mass is 280 g/mol. The van der Waals surface area contributed by atoms with Crippen molar-refractivity contribution >= 4 is 12.2 Å². The second-order valence-electron chi connectivity index (χ2n) is 4.20. The zero-order valence-corrected chi connectivity index (χ0v) is 10.2. The Morgan fingerprint density at radius 3 is 1.85 bits per heavy atom. The Morgan fingerprint density at radius 1 is 0.750 bits per heavy atom. The molecule has 0 atom stereocenters. The van der Waals surface area contributed by atoms with Gasteiger partial charge in [-0.15, -0.1) is 0 Å². The molecule has 0 radical (unpaired) electrons. The van der Waals surface area contributed by atoms with Gasteiger partial charge in [0.2, 0.25) is 0 Å². The maximum Gasteiger partial charge on any atom is 0.416 e. The van der Waals surface area contributed by atoms with Gasteiger partial charge in [-0.05, 0) is 35.4 Å². The van der Waals surface area contributed by atoms with Crippen LogP contribution in [0, 0.1) is 0 Å². The van der Waals surface area contributed by atoms with Crippen molar-refractivity contribution in [3.63, 3.8) is 0 Å². The minimum atomic E-state index is -4.34. The van der Waals surface area contributed by atoms with Crippen LogP contribution in [0.1, 0.15) is 16.7 Å². The Kier molecular flexibility index (Phi) is 3.70. The summed E-state index contributed by atoms with van der Waals surface area (Å²) in [6.45, 7) is 0. The molecule has 0 saturated heterocycles. The van der Waals surface area contributed by atoms with Crippen LogP contribution in [0.25, 0.3) is 12.2 Å². The van der Waals surface area contributed by atoms with E-state index >= 15 is 0 Å². The summed E-state index contributed by atoms with van der Waals surface area (Å²) in [5.74, 6) is -0.476. The highest BCUT2D eigenvalue weighted by Crippen LogP contribution is 2.29. The van der Waals surface area contributed by atoms with E-state index in [9.17, 15) is 18.3 Å². The minimum Gasteiger partial charge on any atom is -0.504 e. The second kappa shape index (κ2) is 5.28. The van der Waals surface area contributed by atoms with Gasteiger partial charge in [0.05, 0.1) is 5.56 Å². The summed E-state index contributed by atoms with van der Waals surface area (Å²) in [7, 11) is 0. The van der Waals surface area contributed by atoms with Crippen LogP contribution in [0.3, 0.4) is 0 Å². The van der Waals surface area contributed by atoms with E-state index in [0.29, 0.717) is 11.1 Å². The molecule has 0 spiro atoms. The molecule has 2 aromatic rings. The van der Waals surface area contributed by atoms with Crippen molar-refractivity contribution in [3.05, 3.63) is 59.2 Å². The maximum absolute atomic E-state index is 12.4. The molecule has 0 fully saturated rings. The van der Waals surface area contributed by atoms with Crippen LogP contribution in [-0.4, -0.2) is 10.2 Å². The third-order valence-electron chi connectivity index (χ3n) is 2.71. The van der Waals surface area contributed by atoms with E-state index in [1.807, 2.05) is 0 Å². The smallest absolute Gasteiger partial charge is 0.416 e. The first-order chi connectivity index (χ1) is 9.36. The van der Waals surface area contributed by atoms with E-state index in [1.165, 1.54) is 24.3 Å². The molecule has 2 rings (SSSR count). The molecule has 2 aromatic carbocycles. The average Bonchev–Trinajstić information content (AvgIpc) is 2.40. The molecule has 0 aliphatic rings. The number of phenols is 2. The zero-order chi connectivity index (χ0) is 14.8. The predicted octanol–water partition coefficient (Wildman–Crippen LogP) is 4.29. The van der Waals surface area contributed by atoms with Gasteiger partial charge in [-0.3, -0.25) is 0 Å². The summed E-state index contributed by atoms with van der Waals surface area (Å²) in [5.41, 5.74) is 0.530. The van der Waals surface area contributed by atoms with Gasteiger partial charge in [-0.2, -0.15) is 13.2 Å². The lowest BCUT2D eigenvalue weighted by molar-refractivity contribution is -0.137. The van der Waals surface area contributed by atoms with Crippen molar-refractivity contribution < 1.29 is 23.4 Å². The van der Waals surface area contributed by atoms with Gasteiger partial charge >= 0.3 is 6.18 Å². The van der Waals surface area contributed by atoms with E-state index in [1.54, 1.807) is 18.2 Å². The molecule has 5 heteroatoms. The quantitative estimate of drug-likeness (QED) is 0.636. The molecule has 0 bridgehead atoms. The Labute approximate surface area is 113 Å². The van der Waals surface area contributed by atoms with Gasteiger partial charge < -0.3 is 10.2 Å². The fourth-order valence-electron chi connectivity index (χ4n) is 1.62. The zero-order valence-electron chi connectivity index (χ0n) is 10.2. The molecule has 0 unspecified atom stereocenters. The van der Waals surface area contributed by atoms with Crippen molar-refractivity contribution in [2.45, 2.75) is 6.18 Å². The molecule has 0 aliphatic carbocycles. The molecule has 0 aliphatic heterocycles. The van der Waals surface area contributed by atoms with Crippen LogP contribution in [0.4, 0.5) is 13.2 Å². The molecule has 104 valence electrons. The first-order valence-electron chi connectivity index (χ1n) is 5.73. The van der Waals surface area contributed by atoms with E-state index in [2.05, 4.69) is 0 Å². The highest BCUT2D eigenvalue weighted by atomic mass is 19.4. The normalized spacial score (nSPS) is 11.9. The fourth-order valence-corrected chi connectivity index (χ4v) is 1.62. The number of alkyl halides is 3. The number of aromatic hydroxyl groups is 2. The standard InChI is InChI=1S/C15H11F3O2/c16-15(17,18)12-6-3-10(4-7-12)1-2-11-5-8-13(19)14(20)9-11/h1-9,19-20H/b2-1+. The Morgan fingerprint density at radius 2 is 1.30 bits per heavy atom. The highest BCUT2D eigenvalue weighted by Gasteiger charge is 2.29. The number of halogens is 3. The van der Waals surface area contributed by atoms with Gasteiger partial charge in [0.25, 0.3) is 0 Å². The molecule has 20 heavy (non-hydrogen) atoms. The predicted molar refractivity (Wildman–Crippen MR) is 70.1 cm³/mol. The number of phenolic OH excluding ortho intramolecular Hbond substituents is 2. The van der Waals surface area contributed by atoms with Crippen LogP contribution in [0.2, 0.25) is 0 Å². The lowest BCUT2D eigenvalue weighted by Crippen LogP contribution is -2.03. The topological polar surface area (TPSA) is 40.5 Å². The van der Waals surface area contributed by atoms with Crippen LogP contribution in [-0.2, 0) is 6.18 Å². The van der Waals surface area contributed by atoms with E-state index in [-0.39, 0.29) is 11.5 Å². The van der Waals surface area contributed by atoms with Gasteiger partial charge in [0.1, 0.15) is 0 Å². The van der Waals surface area contributed by atoms with Gasteiger partial charge in [0, 0.05) is 0 Å². The van der Waals surface area contributed by atoms with Gasteiger partial charge in [0.15, 0.2) is 11.5 Å². The Bertz CT molecular complexity index is 629. The molecule has 0 saturated carbocycles. The van der Waals surface area contributed by atoms with E-state index < -0.39 is 11.7 Å². The molecule has 0 heterocycles. The Balaban J connectivity index is 2.17. The first kappa shape index (κ1) is 14.0. The summed E-state index contributed by atoms with van der Waals surface area (Å²) in [6.07, 6.45) is -1.10. The van der Waals surface area contributed by atoms with Crippen molar-refractivity contribution in [1.29, 1.82) is 0 Å². The third-order valence-corrected chi connectivity index (χ3v) is 2.71. The van der Waals surface area contributed by atoms with Crippen molar-refractivity contribution in [3.8, 4) is 11.5 Å². The molecule has 0 amide bonds. The molecule has 0 aromatic heterocycles. The van der Waals surface area contributed by atoms with E-state index in [4.69, 9.17) is 5.11 Å². The second-order valence-corrected chi connectivity index (χ2v) is 4.20. The van der Waals surface area contributed by atoms with Crippen molar-refractivity contribution in [1.82, 2.24) is 0 Å². The largest absolute Gasteiger partial charge is 0.504 e. The Hall–Kier alpha value is -2.43. The summed E-state index contributed by atoms with van der Waals surface area (Å²) in [6, 6.07) is 9.01. The summed E-state index contributed by atoms with van der Waals surface area (Å²) >= 11 is 0. The summed E-state index contributed by atoms with van der Waals surface area (Å²) < 4.78 is 37.1. The van der Waals surface area contributed by atoms with Crippen LogP contribution < -0.4 is 0 Å². The first-order valence-corrected chi connectivity index (χ1v) is 5.73. The molecular weight excluding hydrogens is 269 g/mol. The fraction of sp³-hybridized carbons (Fsp3) is 0.0667. The van der Waals surface area contributed by atoms with Gasteiger partial charge in [-0.1, -0.05) is 30.4 Å². The van der Waals surface area contributed by atoms with Crippen LogP contribution >= 0.6 is 0 Å². The van der Waals surface area contributed by atoms with E-state index in [0.717, 1.165) is 12.1 Å². The minimum absolute atomic E-state index is 0.225. The molecular formula is C15H11F3O2. The number of hydrogen-bond donors (Lipinski definition) is 2. The highest BCUT2D eigenvalue weighted by molar-refractivity contribution is 5.70. The SMILES string of the molecule is Oc1ccc(/C=C/c2ccc(C(F)(F)F)cc2)cc1O. The number of hydrogen-bond acceptors (Lipinski definition) is 2.